The van der Waals surface area contributed by atoms with Gasteiger partial charge < -0.3 is 20.9 Å². The molecule has 4 N–H and O–H groups in total. The predicted molar refractivity (Wildman–Crippen MR) is 165 cm³/mol. The number of benzene rings is 2. The molecule has 0 bridgehead atoms. The summed E-state index contributed by atoms with van der Waals surface area (Å²) < 4.78 is 11.3. The summed E-state index contributed by atoms with van der Waals surface area (Å²) in [7, 11) is 3.00. The Morgan fingerprint density at radius 2 is 0.667 bits per heavy atom. The van der Waals surface area contributed by atoms with Gasteiger partial charge in [0.2, 0.25) is 0 Å². The minimum Gasteiger partial charge on any atom is -0.494 e. The smallest absolute Gasteiger partial charge is 0.119 e. The highest BCUT2D eigenvalue weighted by Gasteiger charge is 1.94. The topological polar surface area (TPSA) is 70.5 Å². The fraction of sp³-hybridized carbons (Fsp3) is 0.586. The summed E-state index contributed by atoms with van der Waals surface area (Å²) in [6.45, 7) is 1.55. The zero-order chi connectivity index (χ0) is 17.2. The van der Waals surface area contributed by atoms with E-state index < -0.39 is 0 Å². The van der Waals surface area contributed by atoms with Gasteiger partial charge in [0, 0.05) is 0 Å². The van der Waals surface area contributed by atoms with Gasteiger partial charge >= 0.3 is 0 Å². The molecule has 2 aromatic rings. The molecule has 0 saturated carbocycles. The number of rotatable bonds is 8. The SMILES string of the molecule is C.C.C.C.C.C.C.C.C.C.CN.CN.c1ccc(OCCCCCOc2ccccc2)cc1. The van der Waals surface area contributed by atoms with Crippen molar-refractivity contribution in [2.24, 2.45) is 11.5 Å². The molecule has 0 spiro atoms. The summed E-state index contributed by atoms with van der Waals surface area (Å²) in [4.78, 5) is 0. The van der Waals surface area contributed by atoms with Gasteiger partial charge in [-0.05, 0) is 57.6 Å². The van der Waals surface area contributed by atoms with E-state index in [0.717, 1.165) is 44.0 Å². The Bertz CT molecular complexity index is 408. The molecule has 0 unspecified atom stereocenters. The Morgan fingerprint density at radius 3 is 0.909 bits per heavy atom. The van der Waals surface area contributed by atoms with Crippen molar-refractivity contribution >= 4 is 0 Å². The second-order valence-electron chi connectivity index (χ2n) is 4.38. The highest BCUT2D eigenvalue weighted by atomic mass is 16.5. The maximum Gasteiger partial charge on any atom is 0.119 e. The van der Waals surface area contributed by atoms with Crippen LogP contribution in [0.15, 0.2) is 60.7 Å². The zero-order valence-corrected chi connectivity index (χ0v) is 14.3. The normalized spacial score (nSPS) is 6.18. The molecule has 2 aromatic carbocycles. The van der Waals surface area contributed by atoms with E-state index in [1.807, 2.05) is 60.7 Å². The van der Waals surface area contributed by atoms with Crippen LogP contribution < -0.4 is 20.9 Å². The maximum absolute atomic E-state index is 5.63. The van der Waals surface area contributed by atoms with Crippen molar-refractivity contribution in [2.75, 3.05) is 27.3 Å². The van der Waals surface area contributed by atoms with E-state index in [2.05, 4.69) is 11.5 Å². The van der Waals surface area contributed by atoms with Crippen molar-refractivity contribution in [3.05, 3.63) is 60.7 Å². The van der Waals surface area contributed by atoms with E-state index in [1.54, 1.807) is 0 Å². The van der Waals surface area contributed by atoms with Gasteiger partial charge in [-0.1, -0.05) is 111 Å². The Balaban J connectivity index is -0.0000000365. The molecule has 0 fully saturated rings. The summed E-state index contributed by atoms with van der Waals surface area (Å²) in [5.41, 5.74) is 9.00. The molecule has 33 heavy (non-hydrogen) atoms. The molecule has 0 aromatic heterocycles. The van der Waals surface area contributed by atoms with Crippen LogP contribution in [0.5, 0.6) is 11.5 Å². The number of unbranched alkanes of at least 4 members (excludes halogenated alkanes) is 2. The van der Waals surface area contributed by atoms with Gasteiger partial charge in [-0.3, -0.25) is 0 Å². The number of ether oxygens (including phenoxy) is 2. The van der Waals surface area contributed by atoms with Gasteiger partial charge in [0.15, 0.2) is 0 Å². The summed E-state index contributed by atoms with van der Waals surface area (Å²) in [6, 6.07) is 19.9. The van der Waals surface area contributed by atoms with E-state index in [1.165, 1.54) is 14.1 Å². The van der Waals surface area contributed by atoms with E-state index in [4.69, 9.17) is 9.47 Å². The van der Waals surface area contributed by atoms with E-state index in [0.29, 0.717) is 0 Å². The first-order valence-corrected chi connectivity index (χ1v) is 7.96. The van der Waals surface area contributed by atoms with Crippen molar-refractivity contribution in [1.29, 1.82) is 0 Å². The summed E-state index contributed by atoms with van der Waals surface area (Å²) in [5.74, 6) is 1.89. The van der Waals surface area contributed by atoms with Crippen LogP contribution in [0.2, 0.25) is 0 Å². The van der Waals surface area contributed by atoms with Crippen LogP contribution in [0, 0.1) is 0 Å². The maximum atomic E-state index is 5.63. The molecule has 0 heterocycles. The highest BCUT2D eigenvalue weighted by molar-refractivity contribution is 5.21. The van der Waals surface area contributed by atoms with Gasteiger partial charge in [-0.25, -0.2) is 0 Å². The van der Waals surface area contributed by atoms with Gasteiger partial charge in [-0.2, -0.15) is 0 Å². The lowest BCUT2D eigenvalue weighted by atomic mass is 10.2. The lowest BCUT2D eigenvalue weighted by Crippen LogP contribution is -2.00. The largest absolute Gasteiger partial charge is 0.494 e. The van der Waals surface area contributed by atoms with Crippen LogP contribution in [0.3, 0.4) is 0 Å². The third-order valence-electron chi connectivity index (χ3n) is 2.81. The van der Waals surface area contributed by atoms with Crippen molar-refractivity contribution < 1.29 is 9.47 Å². The Labute approximate surface area is 214 Å². The van der Waals surface area contributed by atoms with Crippen LogP contribution in [0.25, 0.3) is 0 Å². The number of nitrogens with two attached hydrogens (primary N) is 2. The first-order valence-electron chi connectivity index (χ1n) is 7.96. The van der Waals surface area contributed by atoms with Crippen LogP contribution in [0.1, 0.15) is 93.5 Å². The van der Waals surface area contributed by atoms with Crippen LogP contribution >= 0.6 is 0 Å². The number of hydrogen-bond donors (Lipinski definition) is 2. The molecule has 0 saturated heterocycles. The molecule has 0 amide bonds. The molecular formula is C29H70N2O2. The van der Waals surface area contributed by atoms with Crippen LogP contribution in [0.4, 0.5) is 0 Å². The first kappa shape index (κ1) is 69.8. The fourth-order valence-electron chi connectivity index (χ4n) is 1.79. The summed E-state index contributed by atoms with van der Waals surface area (Å²) >= 11 is 0. The average Bonchev–Trinajstić information content (AvgIpc) is 2.66. The third kappa shape index (κ3) is 40.8. The minimum absolute atomic E-state index is 0. The van der Waals surface area contributed by atoms with Gasteiger partial charge in [0.25, 0.3) is 0 Å². The van der Waals surface area contributed by atoms with Gasteiger partial charge in [0.1, 0.15) is 11.5 Å². The number of para-hydroxylation sites is 2. The molecule has 4 nitrogen and oxygen atoms in total. The molecule has 0 radical (unpaired) electrons. The second-order valence-corrected chi connectivity index (χ2v) is 4.38. The number of hydrogen-bond acceptors (Lipinski definition) is 4. The van der Waals surface area contributed by atoms with Crippen molar-refractivity contribution in [2.45, 2.75) is 93.5 Å². The van der Waals surface area contributed by atoms with Crippen molar-refractivity contribution in [1.82, 2.24) is 0 Å². The lowest BCUT2D eigenvalue weighted by Gasteiger charge is -2.07. The van der Waals surface area contributed by atoms with Gasteiger partial charge in [0.05, 0.1) is 13.2 Å². The predicted octanol–water partition coefficient (Wildman–Crippen LogP) is 9.83. The first-order chi connectivity index (χ1) is 11.4. The zero-order valence-electron chi connectivity index (χ0n) is 14.3. The molecule has 4 heteroatoms. The van der Waals surface area contributed by atoms with E-state index in [9.17, 15) is 0 Å². The monoisotopic (exact) mass is 479 g/mol. The minimum atomic E-state index is 0. The van der Waals surface area contributed by atoms with Crippen molar-refractivity contribution in [3.63, 3.8) is 0 Å². The standard InChI is InChI=1S/C17H20O2.2CH5N.10CH4/c1-4-10-16(11-5-1)18-14-8-3-9-15-19-17-12-6-2-7-13-17;2*1-2;;;;;;;;;;/h1-2,4-7,10-13H,3,8-9,14-15H2;2*2H2,1H3;10*1H4. The molecule has 0 atom stereocenters. The van der Waals surface area contributed by atoms with E-state index >= 15 is 0 Å². The average molecular weight is 479 g/mol. The Hall–Kier alpha value is -2.04. The molecule has 2 rings (SSSR count). The van der Waals surface area contributed by atoms with Gasteiger partial charge in [-0.15, -0.1) is 0 Å². The highest BCUT2D eigenvalue weighted by Crippen LogP contribution is 2.11. The van der Waals surface area contributed by atoms with Crippen molar-refractivity contribution in [3.8, 4) is 11.5 Å². The summed E-state index contributed by atoms with van der Waals surface area (Å²) in [5, 5.41) is 0. The lowest BCUT2D eigenvalue weighted by molar-refractivity contribution is 0.279. The third-order valence-corrected chi connectivity index (χ3v) is 2.81. The van der Waals surface area contributed by atoms with E-state index in [-0.39, 0.29) is 74.3 Å². The quantitative estimate of drug-likeness (QED) is 0.370. The Morgan fingerprint density at radius 1 is 0.424 bits per heavy atom. The Kier molecular flexibility index (Phi) is 121. The second kappa shape index (κ2) is 57.2. The van der Waals surface area contributed by atoms with Crippen LogP contribution in [-0.4, -0.2) is 27.3 Å². The molecule has 0 aliphatic rings. The molecule has 0 aliphatic carbocycles. The molecule has 208 valence electrons. The molecular weight excluding hydrogens is 408 g/mol. The molecule has 0 aliphatic heterocycles. The van der Waals surface area contributed by atoms with Crippen LogP contribution in [-0.2, 0) is 0 Å². The fourth-order valence-corrected chi connectivity index (χ4v) is 1.79. The summed E-state index contributed by atoms with van der Waals surface area (Å²) in [6.07, 6.45) is 3.25.